The summed E-state index contributed by atoms with van der Waals surface area (Å²) >= 11 is 18.8. The number of ketones is 2. The molecule has 1 saturated carbocycles. The van der Waals surface area contributed by atoms with Crippen LogP contribution in [0, 0.1) is 17.6 Å². The minimum Gasteiger partial charge on any atom is -0.370 e. The molecule has 0 bridgehead atoms. The molecule has 1 aliphatic heterocycles. The second kappa shape index (κ2) is 12.4. The first-order chi connectivity index (χ1) is 20.7. The van der Waals surface area contributed by atoms with Crippen molar-refractivity contribution in [3.8, 4) is 0 Å². The van der Waals surface area contributed by atoms with E-state index in [2.05, 4.69) is 5.32 Å². The number of anilines is 1. The average molecular weight is 675 g/mol. The van der Waals surface area contributed by atoms with Crippen LogP contribution in [0.15, 0.2) is 54.6 Å². The van der Waals surface area contributed by atoms with E-state index in [1.807, 2.05) is 0 Å². The number of halogens is 8. The fraction of sp³-hybridized carbons (Fsp3) is 0.323. The second-order valence-corrected chi connectivity index (χ2v) is 12.5. The predicted molar refractivity (Wildman–Crippen MR) is 154 cm³/mol. The highest BCUT2D eigenvalue weighted by molar-refractivity contribution is 6.53. The molecule has 0 radical (unpaired) electrons. The van der Waals surface area contributed by atoms with Crippen LogP contribution in [-0.4, -0.2) is 34.5 Å². The standard InChI is InChI=1S/C31H23Cl3F5NO4/c32-21-8-7-18(40-29(43)27-26(30(27,33)34)15-3-1-4-17(11-15)31(37,38)39)13-19(21)23(41)12-16-6-9-22(35)20(28(16)36)14-24(42)25-5-2-10-44-25/h1,3-4,6-9,11,13,25-27H,2,5,10,12,14H2,(H,40,43)/t25?,26-,27+/m0/s1. The second-order valence-electron chi connectivity index (χ2n) is 10.7. The zero-order chi connectivity index (χ0) is 32.0. The summed E-state index contributed by atoms with van der Waals surface area (Å²) in [5.41, 5.74) is -1.39. The summed E-state index contributed by atoms with van der Waals surface area (Å²) in [4.78, 5) is 38.7. The van der Waals surface area contributed by atoms with Crippen molar-refractivity contribution in [2.75, 3.05) is 11.9 Å². The largest absolute Gasteiger partial charge is 0.416 e. The van der Waals surface area contributed by atoms with Gasteiger partial charge in [0, 0.05) is 42.2 Å². The third-order valence-corrected chi connectivity index (χ3v) is 8.97. The summed E-state index contributed by atoms with van der Waals surface area (Å²) in [5.74, 6) is -5.81. The number of nitrogens with one attached hydrogen (secondary N) is 1. The van der Waals surface area contributed by atoms with E-state index < -0.39 is 81.5 Å². The Morgan fingerprint density at radius 2 is 1.75 bits per heavy atom. The third-order valence-electron chi connectivity index (χ3n) is 7.70. The molecule has 5 rings (SSSR count). The fourth-order valence-corrected chi connectivity index (χ4v) is 6.40. The summed E-state index contributed by atoms with van der Waals surface area (Å²) in [6.07, 6.45) is -5.25. The van der Waals surface area contributed by atoms with E-state index in [4.69, 9.17) is 39.5 Å². The maximum atomic E-state index is 15.3. The molecule has 3 aromatic carbocycles. The Bertz CT molecular complexity index is 1640. The molecule has 232 valence electrons. The highest BCUT2D eigenvalue weighted by atomic mass is 35.5. The van der Waals surface area contributed by atoms with Crippen LogP contribution < -0.4 is 5.32 Å². The van der Waals surface area contributed by atoms with Gasteiger partial charge < -0.3 is 10.1 Å². The van der Waals surface area contributed by atoms with Crippen molar-refractivity contribution < 1.29 is 41.1 Å². The van der Waals surface area contributed by atoms with Gasteiger partial charge in [-0.15, -0.1) is 23.2 Å². The molecule has 1 heterocycles. The van der Waals surface area contributed by atoms with Gasteiger partial charge in [-0.3, -0.25) is 14.4 Å². The lowest BCUT2D eigenvalue weighted by Gasteiger charge is -2.13. The lowest BCUT2D eigenvalue weighted by atomic mass is 9.96. The number of hydrogen-bond donors (Lipinski definition) is 1. The van der Waals surface area contributed by atoms with Gasteiger partial charge >= 0.3 is 6.18 Å². The van der Waals surface area contributed by atoms with E-state index in [1.54, 1.807) is 0 Å². The molecule has 1 N–H and O–H groups in total. The Hall–Kier alpha value is -3.05. The molecular formula is C31H23Cl3F5NO4. The first-order valence-corrected chi connectivity index (χ1v) is 14.6. The molecule has 44 heavy (non-hydrogen) atoms. The molecule has 3 aromatic rings. The number of rotatable bonds is 9. The quantitative estimate of drug-likeness (QED) is 0.142. The number of benzene rings is 3. The lowest BCUT2D eigenvalue weighted by molar-refractivity contribution is -0.137. The normalized spacial score (nSPS) is 20.8. The lowest BCUT2D eigenvalue weighted by Crippen LogP contribution is -2.23. The minimum atomic E-state index is -4.60. The van der Waals surface area contributed by atoms with E-state index in [1.165, 1.54) is 30.3 Å². The number of alkyl halides is 5. The van der Waals surface area contributed by atoms with Crippen molar-refractivity contribution in [2.24, 2.45) is 5.92 Å². The molecule has 0 aromatic heterocycles. The number of carbonyl (C=O) groups is 3. The summed E-state index contributed by atoms with van der Waals surface area (Å²) in [7, 11) is 0. The Labute approximate surface area is 263 Å². The van der Waals surface area contributed by atoms with Gasteiger partial charge in [0.15, 0.2) is 11.6 Å². The number of amides is 1. The van der Waals surface area contributed by atoms with Crippen LogP contribution in [0.1, 0.15) is 51.4 Å². The Morgan fingerprint density at radius 3 is 2.43 bits per heavy atom. The maximum Gasteiger partial charge on any atom is 0.416 e. The number of ether oxygens (including phenoxy) is 1. The fourth-order valence-electron chi connectivity index (χ4n) is 5.35. The first-order valence-electron chi connectivity index (χ1n) is 13.5. The first kappa shape index (κ1) is 32.3. The topological polar surface area (TPSA) is 72.5 Å². The van der Waals surface area contributed by atoms with E-state index in [0.717, 1.165) is 24.3 Å². The summed E-state index contributed by atoms with van der Waals surface area (Å²) in [6.45, 7) is 0.395. The van der Waals surface area contributed by atoms with Crippen LogP contribution in [0.3, 0.4) is 0 Å². The SMILES string of the molecule is O=C(Cc1ccc(F)c(CC(=O)C2CCCO2)c1F)c1cc(NC(=O)[C@H]2[C@H](c3cccc(C(F)(F)F)c3)C2(Cl)Cl)ccc1Cl. The van der Waals surface area contributed by atoms with Gasteiger partial charge in [-0.25, -0.2) is 8.78 Å². The average Bonchev–Trinajstić information content (AvgIpc) is 3.26. The molecule has 1 unspecified atom stereocenters. The van der Waals surface area contributed by atoms with Crippen molar-refractivity contribution in [1.82, 2.24) is 0 Å². The van der Waals surface area contributed by atoms with Crippen LogP contribution in [-0.2, 0) is 33.3 Å². The van der Waals surface area contributed by atoms with Crippen LogP contribution in [0.2, 0.25) is 5.02 Å². The zero-order valence-corrected chi connectivity index (χ0v) is 24.9. The summed E-state index contributed by atoms with van der Waals surface area (Å²) < 4.78 is 72.9. The molecule has 1 amide bonds. The van der Waals surface area contributed by atoms with Crippen molar-refractivity contribution in [3.63, 3.8) is 0 Å². The van der Waals surface area contributed by atoms with Gasteiger partial charge in [0.05, 0.1) is 16.5 Å². The van der Waals surface area contributed by atoms with Gasteiger partial charge in [-0.1, -0.05) is 35.9 Å². The highest BCUT2D eigenvalue weighted by Gasteiger charge is 2.67. The summed E-state index contributed by atoms with van der Waals surface area (Å²) in [6, 6.07) is 10.4. The number of carbonyl (C=O) groups excluding carboxylic acids is 3. The van der Waals surface area contributed by atoms with Crippen molar-refractivity contribution in [2.45, 2.75) is 48.2 Å². The van der Waals surface area contributed by atoms with Gasteiger partial charge in [0.1, 0.15) is 22.1 Å². The summed E-state index contributed by atoms with van der Waals surface area (Å²) in [5, 5.41) is 2.54. The minimum absolute atomic E-state index is 0.0124. The van der Waals surface area contributed by atoms with Crippen LogP contribution >= 0.6 is 34.8 Å². The van der Waals surface area contributed by atoms with Gasteiger partial charge in [0.25, 0.3) is 0 Å². The van der Waals surface area contributed by atoms with E-state index in [0.29, 0.717) is 19.4 Å². The molecule has 1 aliphatic carbocycles. The Kier molecular flexibility index (Phi) is 9.11. The maximum absolute atomic E-state index is 15.3. The van der Waals surface area contributed by atoms with Gasteiger partial charge in [-0.05, 0) is 54.3 Å². The molecular weight excluding hydrogens is 652 g/mol. The molecule has 0 spiro atoms. The van der Waals surface area contributed by atoms with Crippen LogP contribution in [0.25, 0.3) is 0 Å². The highest BCUT2D eigenvalue weighted by Crippen LogP contribution is 2.65. The molecule has 3 atom stereocenters. The van der Waals surface area contributed by atoms with E-state index in [9.17, 15) is 31.9 Å². The zero-order valence-electron chi connectivity index (χ0n) is 22.6. The molecule has 1 saturated heterocycles. The Balaban J connectivity index is 1.30. The predicted octanol–water partition coefficient (Wildman–Crippen LogP) is 7.88. The monoisotopic (exact) mass is 673 g/mol. The van der Waals surface area contributed by atoms with Crippen molar-refractivity contribution >= 4 is 58.0 Å². The molecule has 13 heteroatoms. The van der Waals surface area contributed by atoms with Crippen molar-refractivity contribution in [1.29, 1.82) is 0 Å². The van der Waals surface area contributed by atoms with Crippen LogP contribution in [0.5, 0.6) is 0 Å². The molecule has 5 nitrogen and oxygen atoms in total. The Morgan fingerprint density at radius 1 is 1.00 bits per heavy atom. The smallest absolute Gasteiger partial charge is 0.370 e. The third kappa shape index (κ3) is 6.63. The van der Waals surface area contributed by atoms with E-state index in [-0.39, 0.29) is 27.4 Å². The van der Waals surface area contributed by atoms with E-state index >= 15 is 4.39 Å². The molecule has 2 aliphatic rings. The number of hydrogen-bond acceptors (Lipinski definition) is 4. The van der Waals surface area contributed by atoms with Crippen molar-refractivity contribution in [3.05, 3.63) is 99.1 Å². The molecule has 2 fully saturated rings. The van der Waals surface area contributed by atoms with Gasteiger partial charge in [-0.2, -0.15) is 13.2 Å². The van der Waals surface area contributed by atoms with Gasteiger partial charge in [0.2, 0.25) is 5.91 Å². The van der Waals surface area contributed by atoms with Crippen LogP contribution in [0.4, 0.5) is 27.6 Å². The number of Topliss-reactive ketones (excluding diaryl/α,β-unsaturated/α-hetero) is 2.